The highest BCUT2D eigenvalue weighted by atomic mass is 28.4. The topological polar surface area (TPSA) is 139 Å². The molecule has 2 atom stereocenters. The van der Waals surface area contributed by atoms with Gasteiger partial charge in [-0.15, -0.1) is 0 Å². The van der Waals surface area contributed by atoms with E-state index in [2.05, 4.69) is 9.98 Å². The molecule has 0 saturated carbocycles. The summed E-state index contributed by atoms with van der Waals surface area (Å²) >= 11 is 0. The molecule has 2 heterocycles. The first kappa shape index (κ1) is 38.6. The predicted octanol–water partition coefficient (Wildman–Crippen LogP) is 6.16. The second-order valence-corrected chi connectivity index (χ2v) is 43.5. The number of nitrogens with zero attached hydrogens (tertiary/aromatic N) is 4. The highest BCUT2D eigenvalue weighted by molar-refractivity contribution is 6.75. The minimum absolute atomic E-state index is 0.139. The third kappa shape index (κ3) is 9.97. The summed E-state index contributed by atoms with van der Waals surface area (Å²) in [6.45, 7) is 34.8. The Kier molecular flexibility index (Phi) is 10.7. The molecule has 18 heteroatoms. The van der Waals surface area contributed by atoms with Gasteiger partial charge in [-0.25, -0.2) is 0 Å². The molecule has 0 saturated heterocycles. The van der Waals surface area contributed by atoms with Crippen LogP contribution < -0.4 is 0 Å². The smallest absolute Gasteiger partial charge is 0.308 e. The van der Waals surface area contributed by atoms with E-state index in [9.17, 15) is 9.59 Å². The van der Waals surface area contributed by atoms with Crippen molar-refractivity contribution in [2.75, 3.05) is 0 Å². The largest absolute Gasteiger partial charge is 0.532 e. The van der Waals surface area contributed by atoms with Crippen LogP contribution in [0.1, 0.15) is 0 Å². The second-order valence-electron chi connectivity index (χ2n) is 16.9. The lowest BCUT2D eigenvalue weighted by atomic mass is 9.79. The Balaban J connectivity index is 3.21. The standard InChI is InChI=1S/C26H54N4O8Si6/c1-39(2,3)33-21-25(37-43(13,14)15,19(31)27-23(29-21)35-41(7,8)9)26(38-44(16,17)18)20(32)28-24(36-42(10,11)12)30-22(26)34-40(4,5)6/h1-18H3. The summed E-state index contributed by atoms with van der Waals surface area (Å²) in [6.07, 6.45) is 0. The van der Waals surface area contributed by atoms with Gasteiger partial charge in [0.15, 0.2) is 16.6 Å². The van der Waals surface area contributed by atoms with Gasteiger partial charge >= 0.3 is 12.0 Å². The van der Waals surface area contributed by atoms with E-state index in [-0.39, 0.29) is 23.8 Å². The summed E-state index contributed by atoms with van der Waals surface area (Å²) in [5.74, 6) is -2.01. The lowest BCUT2D eigenvalue weighted by Crippen LogP contribution is -2.79. The van der Waals surface area contributed by atoms with E-state index >= 15 is 0 Å². The molecule has 12 nitrogen and oxygen atoms in total. The normalized spacial score (nSPS) is 24.2. The zero-order chi connectivity index (χ0) is 34.5. The number of hydrogen-bond acceptors (Lipinski definition) is 10. The van der Waals surface area contributed by atoms with Crippen molar-refractivity contribution in [3.8, 4) is 0 Å². The van der Waals surface area contributed by atoms with Crippen LogP contribution in [0.15, 0.2) is 20.0 Å². The third-order valence-electron chi connectivity index (χ3n) is 5.01. The molecule has 0 aromatic carbocycles. The summed E-state index contributed by atoms with van der Waals surface area (Å²) in [7, 11) is -15.2. The fraction of sp³-hybridized carbons (Fsp3) is 0.769. The Morgan fingerprint density at radius 1 is 0.386 bits per heavy atom. The van der Waals surface area contributed by atoms with Crippen LogP contribution >= 0.6 is 0 Å². The van der Waals surface area contributed by atoms with Gasteiger partial charge in [0.1, 0.15) is 0 Å². The van der Waals surface area contributed by atoms with Crippen LogP contribution in [0.3, 0.4) is 0 Å². The van der Waals surface area contributed by atoms with E-state index in [1.807, 2.05) is 118 Å². The average molecular weight is 719 g/mol. The van der Waals surface area contributed by atoms with Crippen LogP contribution in [0, 0.1) is 0 Å². The maximum absolute atomic E-state index is 14.9. The summed E-state index contributed by atoms with van der Waals surface area (Å²) in [5, 5.41) is 0. The van der Waals surface area contributed by atoms with Crippen LogP contribution in [-0.2, 0) is 36.1 Å². The summed E-state index contributed by atoms with van der Waals surface area (Å²) in [4.78, 5) is 47.8. The molecule has 0 aromatic heterocycles. The fourth-order valence-electron chi connectivity index (χ4n) is 4.14. The molecular formula is C26H54N4O8Si6. The Labute approximate surface area is 269 Å². The number of rotatable bonds is 9. The number of amides is 2. The minimum atomic E-state index is -2.78. The van der Waals surface area contributed by atoms with Gasteiger partial charge in [0, 0.05) is 0 Å². The fourth-order valence-corrected chi connectivity index (χ4v) is 9.43. The molecule has 2 unspecified atom stereocenters. The number of amidine groups is 2. The molecule has 0 aromatic rings. The molecule has 2 aliphatic rings. The first-order valence-electron chi connectivity index (χ1n) is 14.9. The quantitative estimate of drug-likeness (QED) is 0.258. The van der Waals surface area contributed by atoms with Gasteiger partial charge in [0.2, 0.25) is 45.1 Å². The molecule has 0 fully saturated rings. The first-order chi connectivity index (χ1) is 19.3. The summed E-state index contributed by atoms with van der Waals surface area (Å²) in [5.41, 5.74) is -4.68. The van der Waals surface area contributed by atoms with E-state index in [1.165, 1.54) is 0 Å². The highest BCUT2D eigenvalue weighted by Gasteiger charge is 2.76. The zero-order valence-corrected chi connectivity index (χ0v) is 36.1. The number of aliphatic imine (C=N–C) groups is 4. The van der Waals surface area contributed by atoms with Gasteiger partial charge in [-0.3, -0.25) is 9.59 Å². The molecule has 0 spiro atoms. The summed E-state index contributed by atoms with van der Waals surface area (Å²) < 4.78 is 39.2. The van der Waals surface area contributed by atoms with Gasteiger partial charge in [-0.2, -0.15) is 20.0 Å². The molecule has 44 heavy (non-hydrogen) atoms. The Morgan fingerprint density at radius 3 is 0.841 bits per heavy atom. The van der Waals surface area contributed by atoms with Crippen LogP contribution in [0.25, 0.3) is 0 Å². The van der Waals surface area contributed by atoms with Gasteiger partial charge in [-0.1, -0.05) is 0 Å². The van der Waals surface area contributed by atoms with Crippen LogP contribution in [-0.4, -0.2) is 96.8 Å². The van der Waals surface area contributed by atoms with Crippen molar-refractivity contribution in [1.29, 1.82) is 0 Å². The van der Waals surface area contributed by atoms with Gasteiger partial charge in [0.05, 0.1) is 0 Å². The maximum Gasteiger partial charge on any atom is 0.308 e. The zero-order valence-electron chi connectivity index (χ0n) is 30.1. The van der Waals surface area contributed by atoms with Crippen LogP contribution in [0.2, 0.25) is 118 Å². The van der Waals surface area contributed by atoms with E-state index in [0.717, 1.165) is 0 Å². The summed E-state index contributed by atoms with van der Waals surface area (Å²) in [6, 6.07) is -0.279. The SMILES string of the molecule is C[Si](C)(C)OC1=NC(=O)C(O[Si](C)(C)C)(C2(O[Si](C)(C)C)C(=O)N=C(O[Si](C)(C)C)N=C2O[Si](C)(C)C)C(O[Si](C)(C)C)=N1. The molecule has 2 aliphatic heterocycles. The Bertz CT molecular complexity index is 1180. The van der Waals surface area contributed by atoms with Crippen molar-refractivity contribution in [2.24, 2.45) is 20.0 Å². The number of hydrogen-bond donors (Lipinski definition) is 0. The van der Waals surface area contributed by atoms with E-state index in [0.29, 0.717) is 0 Å². The van der Waals surface area contributed by atoms with Gasteiger partial charge in [0.25, 0.3) is 23.0 Å². The van der Waals surface area contributed by atoms with Crippen molar-refractivity contribution in [2.45, 2.75) is 129 Å². The van der Waals surface area contributed by atoms with Gasteiger partial charge in [-0.05, 0) is 118 Å². The van der Waals surface area contributed by atoms with Crippen LogP contribution in [0.5, 0.6) is 0 Å². The average Bonchev–Trinajstić information content (AvgIpc) is 2.67. The lowest BCUT2D eigenvalue weighted by Gasteiger charge is -2.52. The number of carbonyl (C=O) groups excluding carboxylic acids is 2. The molecule has 2 rings (SSSR count). The van der Waals surface area contributed by atoms with Crippen LogP contribution in [0.4, 0.5) is 0 Å². The van der Waals surface area contributed by atoms with E-state index < -0.39 is 72.9 Å². The monoisotopic (exact) mass is 718 g/mol. The molecule has 250 valence electrons. The number of carbonyl (C=O) groups is 2. The first-order valence-corrected chi connectivity index (χ1v) is 35.3. The van der Waals surface area contributed by atoms with Gasteiger partial charge < -0.3 is 26.6 Å². The molecular weight excluding hydrogens is 665 g/mol. The Morgan fingerprint density at radius 2 is 0.636 bits per heavy atom. The molecule has 0 N–H and O–H groups in total. The van der Waals surface area contributed by atoms with Crippen molar-refractivity contribution in [3.63, 3.8) is 0 Å². The molecule has 0 bridgehead atoms. The van der Waals surface area contributed by atoms with Crippen molar-refractivity contribution >= 4 is 85.6 Å². The Hall–Kier alpha value is -1.56. The minimum Gasteiger partial charge on any atom is -0.532 e. The maximum atomic E-state index is 14.9. The van der Waals surface area contributed by atoms with Crippen molar-refractivity contribution < 1.29 is 36.1 Å². The second kappa shape index (κ2) is 12.2. The molecule has 0 radical (unpaired) electrons. The lowest BCUT2D eigenvalue weighted by molar-refractivity contribution is -0.155. The van der Waals surface area contributed by atoms with E-state index in [4.69, 9.17) is 36.5 Å². The van der Waals surface area contributed by atoms with E-state index in [1.54, 1.807) is 0 Å². The molecule has 0 aliphatic carbocycles. The van der Waals surface area contributed by atoms with Crippen molar-refractivity contribution in [1.82, 2.24) is 0 Å². The molecule has 2 amide bonds. The predicted molar refractivity (Wildman–Crippen MR) is 192 cm³/mol. The highest BCUT2D eigenvalue weighted by Crippen LogP contribution is 2.45. The third-order valence-corrected chi connectivity index (χ3v) is 10.0. The van der Waals surface area contributed by atoms with Crippen molar-refractivity contribution in [3.05, 3.63) is 0 Å².